The predicted molar refractivity (Wildman–Crippen MR) is 118 cm³/mol. The molecule has 0 saturated carbocycles. The van der Waals surface area contributed by atoms with E-state index in [-0.39, 0.29) is 12.0 Å². The summed E-state index contributed by atoms with van der Waals surface area (Å²) in [5.74, 6) is -0.541. The standard InChI is InChI=1S/C22H31FN2O4S/c1-5-30-21-20(22(26)27)16(2)13-19(24(9-11-28-3)10-12-29-4)25(21)15-17-7-6-8-18(23)14-17/h6-8,13-14,19H,5,9-12,15H2,1-4H3,(H,26,27). The highest BCUT2D eigenvalue weighted by atomic mass is 32.2. The molecule has 2 rings (SSSR count). The van der Waals surface area contributed by atoms with Crippen molar-refractivity contribution in [2.24, 2.45) is 0 Å². The van der Waals surface area contributed by atoms with Crippen molar-refractivity contribution in [3.05, 3.63) is 57.9 Å². The number of methoxy groups -OCH3 is 2. The van der Waals surface area contributed by atoms with Gasteiger partial charge in [-0.05, 0) is 42.0 Å². The van der Waals surface area contributed by atoms with E-state index in [1.807, 2.05) is 30.9 Å². The van der Waals surface area contributed by atoms with Crippen LogP contribution in [0.1, 0.15) is 19.4 Å². The van der Waals surface area contributed by atoms with Crippen molar-refractivity contribution in [1.29, 1.82) is 0 Å². The summed E-state index contributed by atoms with van der Waals surface area (Å²) in [6.07, 6.45) is 1.77. The first-order valence-corrected chi connectivity index (χ1v) is 10.9. The summed E-state index contributed by atoms with van der Waals surface area (Å²) in [7, 11) is 3.31. The zero-order valence-electron chi connectivity index (χ0n) is 18.1. The molecular weight excluding hydrogens is 407 g/mol. The molecule has 1 atom stereocenters. The normalized spacial score (nSPS) is 16.9. The molecule has 0 aliphatic carbocycles. The number of thioether (sulfide) groups is 1. The van der Waals surface area contributed by atoms with E-state index in [2.05, 4.69) is 4.90 Å². The highest BCUT2D eigenvalue weighted by Crippen LogP contribution is 2.36. The van der Waals surface area contributed by atoms with Gasteiger partial charge in [0, 0.05) is 33.9 Å². The van der Waals surface area contributed by atoms with Crippen LogP contribution < -0.4 is 0 Å². The topological polar surface area (TPSA) is 62.2 Å². The van der Waals surface area contributed by atoms with Crippen molar-refractivity contribution in [3.63, 3.8) is 0 Å². The number of hydrogen-bond acceptors (Lipinski definition) is 6. The number of nitrogens with zero attached hydrogens (tertiary/aromatic N) is 2. The minimum absolute atomic E-state index is 0.198. The van der Waals surface area contributed by atoms with Gasteiger partial charge in [-0.2, -0.15) is 0 Å². The number of carboxylic acid groups (broad SMARTS) is 1. The second-order valence-electron chi connectivity index (χ2n) is 6.96. The number of halogens is 1. The fraction of sp³-hybridized carbons (Fsp3) is 0.500. The number of ether oxygens (including phenoxy) is 2. The molecule has 1 unspecified atom stereocenters. The van der Waals surface area contributed by atoms with E-state index in [1.165, 1.54) is 23.9 Å². The molecule has 0 amide bonds. The van der Waals surface area contributed by atoms with Crippen LogP contribution in [0.3, 0.4) is 0 Å². The Balaban J connectivity index is 2.51. The first kappa shape index (κ1) is 24.4. The van der Waals surface area contributed by atoms with Crippen LogP contribution >= 0.6 is 11.8 Å². The van der Waals surface area contributed by atoms with Crippen molar-refractivity contribution in [1.82, 2.24) is 9.80 Å². The lowest BCUT2D eigenvalue weighted by atomic mass is 10.0. The van der Waals surface area contributed by atoms with Crippen molar-refractivity contribution >= 4 is 17.7 Å². The third-order valence-electron chi connectivity index (χ3n) is 4.86. The highest BCUT2D eigenvalue weighted by Gasteiger charge is 2.34. The maximum atomic E-state index is 13.8. The Kier molecular flexibility index (Phi) is 9.84. The minimum atomic E-state index is -0.956. The third-order valence-corrected chi connectivity index (χ3v) is 5.86. The second kappa shape index (κ2) is 12.1. The lowest BCUT2D eigenvalue weighted by Gasteiger charge is -2.43. The Morgan fingerprint density at radius 1 is 1.27 bits per heavy atom. The van der Waals surface area contributed by atoms with Crippen LogP contribution in [0.2, 0.25) is 0 Å². The molecule has 166 valence electrons. The molecule has 0 saturated heterocycles. The Morgan fingerprint density at radius 2 is 1.93 bits per heavy atom. The van der Waals surface area contributed by atoms with Gasteiger partial charge in [-0.1, -0.05) is 19.1 Å². The monoisotopic (exact) mass is 438 g/mol. The molecule has 1 N–H and O–H groups in total. The largest absolute Gasteiger partial charge is 0.478 e. The first-order chi connectivity index (χ1) is 14.4. The van der Waals surface area contributed by atoms with Gasteiger partial charge < -0.3 is 19.5 Å². The van der Waals surface area contributed by atoms with Gasteiger partial charge >= 0.3 is 5.97 Å². The van der Waals surface area contributed by atoms with Gasteiger partial charge in [-0.3, -0.25) is 4.90 Å². The van der Waals surface area contributed by atoms with Gasteiger partial charge in [0.05, 0.1) is 23.8 Å². The first-order valence-electron chi connectivity index (χ1n) is 9.95. The van der Waals surface area contributed by atoms with E-state index >= 15 is 0 Å². The van der Waals surface area contributed by atoms with Crippen LogP contribution in [-0.2, 0) is 20.8 Å². The van der Waals surface area contributed by atoms with Gasteiger partial charge in [0.15, 0.2) is 0 Å². The average molecular weight is 439 g/mol. The van der Waals surface area contributed by atoms with Crippen LogP contribution in [0.4, 0.5) is 4.39 Å². The van der Waals surface area contributed by atoms with E-state index in [1.54, 1.807) is 20.3 Å². The number of carbonyl (C=O) groups is 1. The molecule has 0 spiro atoms. The summed E-state index contributed by atoms with van der Waals surface area (Å²) in [4.78, 5) is 16.3. The average Bonchev–Trinajstić information content (AvgIpc) is 2.70. The molecule has 6 nitrogen and oxygen atoms in total. The maximum absolute atomic E-state index is 13.8. The third kappa shape index (κ3) is 6.31. The van der Waals surface area contributed by atoms with E-state index < -0.39 is 5.97 Å². The lowest BCUT2D eigenvalue weighted by Crippen LogP contribution is -2.50. The SMILES string of the molecule is CCSC1=C(C(=O)O)C(C)=CC(N(CCOC)CCOC)N1Cc1cccc(F)c1. The van der Waals surface area contributed by atoms with E-state index in [9.17, 15) is 14.3 Å². The zero-order chi connectivity index (χ0) is 22.1. The molecule has 0 radical (unpaired) electrons. The fourth-order valence-corrected chi connectivity index (χ4v) is 4.48. The number of hydrogen-bond donors (Lipinski definition) is 1. The van der Waals surface area contributed by atoms with Gasteiger partial charge in [-0.25, -0.2) is 9.18 Å². The predicted octanol–water partition coefficient (Wildman–Crippen LogP) is 3.56. The molecule has 1 aliphatic rings. The number of aliphatic carboxylic acids is 1. The molecular formula is C22H31FN2O4S. The van der Waals surface area contributed by atoms with Gasteiger partial charge in [0.25, 0.3) is 0 Å². The van der Waals surface area contributed by atoms with Crippen molar-refractivity contribution in [3.8, 4) is 0 Å². The zero-order valence-corrected chi connectivity index (χ0v) is 18.9. The van der Waals surface area contributed by atoms with Crippen LogP contribution in [-0.4, -0.2) is 73.3 Å². The summed E-state index contributed by atoms with van der Waals surface area (Å²) >= 11 is 1.49. The smallest absolute Gasteiger partial charge is 0.338 e. The molecule has 1 aromatic rings. The molecule has 8 heteroatoms. The summed E-state index contributed by atoms with van der Waals surface area (Å²) in [6.45, 7) is 6.59. The summed E-state index contributed by atoms with van der Waals surface area (Å²) < 4.78 is 24.4. The van der Waals surface area contributed by atoms with E-state index in [0.29, 0.717) is 43.5 Å². The Bertz CT molecular complexity index is 776. The molecule has 30 heavy (non-hydrogen) atoms. The fourth-order valence-electron chi connectivity index (χ4n) is 3.47. The molecule has 1 aliphatic heterocycles. The number of rotatable bonds is 12. The highest BCUT2D eigenvalue weighted by molar-refractivity contribution is 8.03. The summed E-state index contributed by atoms with van der Waals surface area (Å²) in [5, 5.41) is 10.6. The van der Waals surface area contributed by atoms with Crippen molar-refractivity contribution in [2.75, 3.05) is 46.3 Å². The van der Waals surface area contributed by atoms with Crippen molar-refractivity contribution < 1.29 is 23.8 Å². The molecule has 0 bridgehead atoms. The van der Waals surface area contributed by atoms with Crippen LogP contribution in [0, 0.1) is 5.82 Å². The number of benzene rings is 1. The van der Waals surface area contributed by atoms with Crippen molar-refractivity contribution in [2.45, 2.75) is 26.6 Å². The Hall–Kier alpha value is -1.87. The number of carboxylic acids is 1. The van der Waals surface area contributed by atoms with Crippen LogP contribution in [0.25, 0.3) is 0 Å². The van der Waals surface area contributed by atoms with Crippen LogP contribution in [0.5, 0.6) is 0 Å². The lowest BCUT2D eigenvalue weighted by molar-refractivity contribution is -0.132. The van der Waals surface area contributed by atoms with Gasteiger partial charge in [0.1, 0.15) is 12.0 Å². The Labute approximate surface area is 182 Å². The van der Waals surface area contributed by atoms with Gasteiger partial charge in [0.2, 0.25) is 0 Å². The Morgan fingerprint density at radius 3 is 2.47 bits per heavy atom. The maximum Gasteiger partial charge on any atom is 0.338 e. The summed E-state index contributed by atoms with van der Waals surface area (Å²) in [6, 6.07) is 6.43. The molecule has 0 fully saturated rings. The quantitative estimate of drug-likeness (QED) is 0.535. The molecule has 1 aromatic carbocycles. The van der Waals surface area contributed by atoms with Crippen LogP contribution in [0.15, 0.2) is 46.5 Å². The minimum Gasteiger partial charge on any atom is -0.478 e. The summed E-state index contributed by atoms with van der Waals surface area (Å²) in [5.41, 5.74) is 1.80. The van der Waals surface area contributed by atoms with E-state index in [0.717, 1.165) is 16.9 Å². The van der Waals surface area contributed by atoms with Gasteiger partial charge in [-0.15, -0.1) is 11.8 Å². The molecule has 0 aromatic heterocycles. The second-order valence-corrected chi connectivity index (χ2v) is 8.21. The molecule has 1 heterocycles. The van der Waals surface area contributed by atoms with E-state index in [4.69, 9.17) is 9.47 Å².